The molecule has 0 spiro atoms. The van der Waals surface area contributed by atoms with Crippen molar-refractivity contribution in [2.75, 3.05) is 32.7 Å². The standard InChI is InChI=1S/C13H26N2/c1-11-7-15(8-12(11)2)10-13(3)5-4-6-14-9-13/h11-12,14H,4-10H2,1-3H3. The SMILES string of the molecule is CC1CN(CC2(C)CCCNC2)CC1C. The number of hydrogen-bond acceptors (Lipinski definition) is 2. The highest BCUT2D eigenvalue weighted by molar-refractivity contribution is 4.88. The molecule has 2 rings (SSSR count). The maximum Gasteiger partial charge on any atom is 0.00477 e. The van der Waals surface area contributed by atoms with Crippen LogP contribution in [-0.2, 0) is 0 Å². The molecule has 2 nitrogen and oxygen atoms in total. The van der Waals surface area contributed by atoms with Gasteiger partial charge in [-0.15, -0.1) is 0 Å². The molecule has 0 bridgehead atoms. The second-order valence-corrected chi connectivity index (χ2v) is 6.24. The highest BCUT2D eigenvalue weighted by Gasteiger charge is 2.33. The lowest BCUT2D eigenvalue weighted by molar-refractivity contribution is 0.148. The third-order valence-electron chi connectivity index (χ3n) is 4.35. The van der Waals surface area contributed by atoms with E-state index in [4.69, 9.17) is 0 Å². The monoisotopic (exact) mass is 210 g/mol. The molecular weight excluding hydrogens is 184 g/mol. The van der Waals surface area contributed by atoms with Crippen molar-refractivity contribution in [1.82, 2.24) is 10.2 Å². The van der Waals surface area contributed by atoms with Gasteiger partial charge in [0.1, 0.15) is 0 Å². The largest absolute Gasteiger partial charge is 0.316 e. The van der Waals surface area contributed by atoms with Crippen molar-refractivity contribution in [3.63, 3.8) is 0 Å². The first-order valence-electron chi connectivity index (χ1n) is 6.52. The van der Waals surface area contributed by atoms with Gasteiger partial charge in [0.25, 0.3) is 0 Å². The van der Waals surface area contributed by atoms with Gasteiger partial charge in [-0.05, 0) is 36.6 Å². The number of nitrogens with zero attached hydrogens (tertiary/aromatic N) is 1. The van der Waals surface area contributed by atoms with Crippen molar-refractivity contribution in [3.8, 4) is 0 Å². The Balaban J connectivity index is 1.86. The summed E-state index contributed by atoms with van der Waals surface area (Å²) in [6, 6.07) is 0. The van der Waals surface area contributed by atoms with Crippen molar-refractivity contribution in [2.45, 2.75) is 33.6 Å². The minimum atomic E-state index is 0.530. The third-order valence-corrected chi connectivity index (χ3v) is 4.35. The van der Waals surface area contributed by atoms with Crippen LogP contribution in [0.2, 0.25) is 0 Å². The Bertz CT molecular complexity index is 199. The van der Waals surface area contributed by atoms with Crippen LogP contribution in [0.25, 0.3) is 0 Å². The Morgan fingerprint density at radius 3 is 2.47 bits per heavy atom. The summed E-state index contributed by atoms with van der Waals surface area (Å²) in [6.07, 6.45) is 2.76. The summed E-state index contributed by atoms with van der Waals surface area (Å²) in [5, 5.41) is 3.55. The fraction of sp³-hybridized carbons (Fsp3) is 1.00. The zero-order valence-corrected chi connectivity index (χ0v) is 10.6. The molecule has 0 aromatic rings. The van der Waals surface area contributed by atoms with Crippen LogP contribution in [0.3, 0.4) is 0 Å². The molecule has 88 valence electrons. The molecule has 2 fully saturated rings. The molecule has 0 aromatic heterocycles. The van der Waals surface area contributed by atoms with Crippen LogP contribution < -0.4 is 5.32 Å². The third kappa shape index (κ3) is 2.73. The first kappa shape index (κ1) is 11.4. The van der Waals surface area contributed by atoms with E-state index in [-0.39, 0.29) is 0 Å². The Kier molecular flexibility index (Phi) is 3.36. The highest BCUT2D eigenvalue weighted by Crippen LogP contribution is 2.30. The number of hydrogen-bond donors (Lipinski definition) is 1. The van der Waals surface area contributed by atoms with Crippen molar-refractivity contribution in [2.24, 2.45) is 17.3 Å². The zero-order chi connectivity index (χ0) is 10.9. The van der Waals surface area contributed by atoms with Crippen LogP contribution >= 0.6 is 0 Å². The van der Waals surface area contributed by atoms with Crippen molar-refractivity contribution in [3.05, 3.63) is 0 Å². The molecule has 2 saturated heterocycles. The molecule has 2 heteroatoms. The summed E-state index contributed by atoms with van der Waals surface area (Å²) in [5.41, 5.74) is 0.530. The predicted octanol–water partition coefficient (Wildman–Crippen LogP) is 1.96. The quantitative estimate of drug-likeness (QED) is 0.749. The molecule has 3 unspecified atom stereocenters. The van der Waals surface area contributed by atoms with Gasteiger partial charge in [0, 0.05) is 26.2 Å². The fourth-order valence-electron chi connectivity index (χ4n) is 3.17. The summed E-state index contributed by atoms with van der Waals surface area (Å²) < 4.78 is 0. The normalized spacial score (nSPS) is 43.4. The van der Waals surface area contributed by atoms with E-state index in [1.54, 1.807) is 0 Å². The Labute approximate surface area is 94.4 Å². The van der Waals surface area contributed by atoms with E-state index >= 15 is 0 Å². The average Bonchev–Trinajstić information content (AvgIpc) is 2.46. The number of rotatable bonds is 2. The number of likely N-dealkylation sites (tertiary alicyclic amines) is 1. The van der Waals surface area contributed by atoms with Gasteiger partial charge in [-0.2, -0.15) is 0 Å². The lowest BCUT2D eigenvalue weighted by Crippen LogP contribution is -2.45. The molecule has 0 amide bonds. The van der Waals surface area contributed by atoms with Gasteiger partial charge >= 0.3 is 0 Å². The predicted molar refractivity (Wildman–Crippen MR) is 65.0 cm³/mol. The average molecular weight is 210 g/mol. The van der Waals surface area contributed by atoms with Gasteiger partial charge in [0.2, 0.25) is 0 Å². The molecular formula is C13H26N2. The lowest BCUT2D eigenvalue weighted by Gasteiger charge is -2.37. The first-order valence-corrected chi connectivity index (χ1v) is 6.52. The maximum atomic E-state index is 3.55. The highest BCUT2D eigenvalue weighted by atomic mass is 15.2. The molecule has 0 aromatic carbocycles. The maximum absolute atomic E-state index is 3.55. The van der Waals surface area contributed by atoms with Gasteiger partial charge in [-0.3, -0.25) is 0 Å². The van der Waals surface area contributed by atoms with Crippen LogP contribution in [0.5, 0.6) is 0 Å². The Morgan fingerprint density at radius 2 is 1.93 bits per heavy atom. The molecule has 1 N–H and O–H groups in total. The van der Waals surface area contributed by atoms with E-state index in [0.29, 0.717) is 5.41 Å². The van der Waals surface area contributed by atoms with Gasteiger partial charge in [0.15, 0.2) is 0 Å². The van der Waals surface area contributed by atoms with Gasteiger partial charge in [-0.1, -0.05) is 20.8 Å². The van der Waals surface area contributed by atoms with Crippen LogP contribution in [0.1, 0.15) is 33.6 Å². The molecule has 2 aliphatic heterocycles. The zero-order valence-electron chi connectivity index (χ0n) is 10.6. The van der Waals surface area contributed by atoms with Gasteiger partial charge in [0.05, 0.1) is 0 Å². The molecule has 0 aliphatic carbocycles. The van der Waals surface area contributed by atoms with E-state index in [2.05, 4.69) is 31.0 Å². The summed E-state index contributed by atoms with van der Waals surface area (Å²) in [5.74, 6) is 1.79. The van der Waals surface area contributed by atoms with E-state index < -0.39 is 0 Å². The molecule has 15 heavy (non-hydrogen) atoms. The van der Waals surface area contributed by atoms with E-state index in [0.717, 1.165) is 11.8 Å². The smallest absolute Gasteiger partial charge is 0.00477 e. The van der Waals surface area contributed by atoms with E-state index in [1.165, 1.54) is 45.6 Å². The Hall–Kier alpha value is -0.0800. The molecule has 3 atom stereocenters. The van der Waals surface area contributed by atoms with E-state index in [1.807, 2.05) is 0 Å². The lowest BCUT2D eigenvalue weighted by atomic mass is 9.82. The number of nitrogens with one attached hydrogen (secondary N) is 1. The summed E-state index contributed by atoms with van der Waals surface area (Å²) in [7, 11) is 0. The summed E-state index contributed by atoms with van der Waals surface area (Å²) in [4.78, 5) is 2.68. The molecule has 0 saturated carbocycles. The van der Waals surface area contributed by atoms with E-state index in [9.17, 15) is 0 Å². The number of piperidine rings is 1. The van der Waals surface area contributed by atoms with Crippen LogP contribution in [-0.4, -0.2) is 37.6 Å². The second-order valence-electron chi connectivity index (χ2n) is 6.24. The van der Waals surface area contributed by atoms with Crippen LogP contribution in [0, 0.1) is 17.3 Å². The molecule has 0 radical (unpaired) electrons. The first-order chi connectivity index (χ1) is 7.09. The second kappa shape index (κ2) is 4.42. The minimum Gasteiger partial charge on any atom is -0.316 e. The van der Waals surface area contributed by atoms with Crippen molar-refractivity contribution in [1.29, 1.82) is 0 Å². The summed E-state index contributed by atoms with van der Waals surface area (Å²) >= 11 is 0. The summed E-state index contributed by atoms with van der Waals surface area (Å²) in [6.45, 7) is 13.6. The minimum absolute atomic E-state index is 0.530. The van der Waals surface area contributed by atoms with Gasteiger partial charge in [-0.25, -0.2) is 0 Å². The van der Waals surface area contributed by atoms with Crippen molar-refractivity contribution >= 4 is 0 Å². The molecule has 2 heterocycles. The van der Waals surface area contributed by atoms with Gasteiger partial charge < -0.3 is 10.2 Å². The topological polar surface area (TPSA) is 15.3 Å². The van der Waals surface area contributed by atoms with Crippen molar-refractivity contribution < 1.29 is 0 Å². The molecule has 2 aliphatic rings. The Morgan fingerprint density at radius 1 is 1.27 bits per heavy atom. The fourth-order valence-corrected chi connectivity index (χ4v) is 3.17. The van der Waals surface area contributed by atoms with Crippen LogP contribution in [0.15, 0.2) is 0 Å². The van der Waals surface area contributed by atoms with Crippen LogP contribution in [0.4, 0.5) is 0 Å².